The van der Waals surface area contributed by atoms with E-state index in [1.165, 1.54) is 10.6 Å². The Bertz CT molecular complexity index is 496. The summed E-state index contributed by atoms with van der Waals surface area (Å²) in [5.41, 5.74) is 6.26. The Balaban J connectivity index is 0.00000288. The van der Waals surface area contributed by atoms with Gasteiger partial charge in [0, 0.05) is 36.8 Å². The van der Waals surface area contributed by atoms with Crippen LogP contribution in [0.5, 0.6) is 0 Å². The third kappa shape index (κ3) is 7.20. The monoisotopic (exact) mass is 373 g/mol. The first-order valence-corrected chi connectivity index (χ1v) is 9.45. The third-order valence-electron chi connectivity index (χ3n) is 4.15. The molecule has 2 N–H and O–H groups in total. The molecular weight excluding hydrogens is 346 g/mol. The van der Waals surface area contributed by atoms with E-state index in [0.29, 0.717) is 6.61 Å². The fraction of sp³-hybridized carbons (Fsp3) is 0.588. The highest BCUT2D eigenvalue weighted by atomic mass is 35.5. The van der Waals surface area contributed by atoms with Gasteiger partial charge in [-0.1, -0.05) is 6.07 Å². The molecule has 0 radical (unpaired) electrons. The molecule has 1 aromatic carbocycles. The van der Waals surface area contributed by atoms with Crippen molar-refractivity contribution < 1.29 is 9.53 Å². The molecule has 2 rings (SSSR count). The maximum absolute atomic E-state index is 10.5. The number of anilines is 1. The molecular formula is C17H28ClN3O2S. The van der Waals surface area contributed by atoms with Crippen LogP contribution in [0, 0.1) is 0 Å². The molecule has 0 aromatic heterocycles. The van der Waals surface area contributed by atoms with Crippen molar-refractivity contribution in [1.82, 2.24) is 4.90 Å². The highest BCUT2D eigenvalue weighted by molar-refractivity contribution is 7.98. The van der Waals surface area contributed by atoms with Gasteiger partial charge in [0.1, 0.15) is 0 Å². The van der Waals surface area contributed by atoms with Crippen LogP contribution in [0.1, 0.15) is 19.3 Å². The minimum atomic E-state index is -0.674. The molecule has 0 atom stereocenters. The molecule has 1 saturated heterocycles. The Morgan fingerprint density at radius 2 is 1.96 bits per heavy atom. The summed E-state index contributed by atoms with van der Waals surface area (Å²) in [5, 5.41) is 0. The Morgan fingerprint density at radius 1 is 1.21 bits per heavy atom. The summed E-state index contributed by atoms with van der Waals surface area (Å²) >= 11 is 1.79. The number of carbonyl (C=O) groups excluding carboxylic acids is 1. The summed E-state index contributed by atoms with van der Waals surface area (Å²) in [4.78, 5) is 16.8. The second-order valence-electron chi connectivity index (χ2n) is 5.76. The summed E-state index contributed by atoms with van der Waals surface area (Å²) in [6, 6.07) is 8.78. The van der Waals surface area contributed by atoms with Crippen molar-refractivity contribution in [3.05, 3.63) is 24.3 Å². The van der Waals surface area contributed by atoms with Crippen LogP contribution in [0.2, 0.25) is 0 Å². The van der Waals surface area contributed by atoms with Gasteiger partial charge in [-0.15, -0.1) is 24.2 Å². The predicted octanol–water partition coefficient (Wildman–Crippen LogP) is 3.22. The summed E-state index contributed by atoms with van der Waals surface area (Å²) < 4.78 is 4.73. The number of nitrogens with zero attached hydrogens (tertiary/aromatic N) is 2. The zero-order valence-electron chi connectivity index (χ0n) is 14.3. The van der Waals surface area contributed by atoms with E-state index >= 15 is 0 Å². The van der Waals surface area contributed by atoms with Gasteiger partial charge < -0.3 is 15.4 Å². The number of nitrogens with two attached hydrogens (primary N) is 1. The number of benzene rings is 1. The molecule has 1 aromatic rings. The highest BCUT2D eigenvalue weighted by Gasteiger charge is 2.16. The van der Waals surface area contributed by atoms with Gasteiger partial charge in [-0.25, -0.2) is 4.79 Å². The summed E-state index contributed by atoms with van der Waals surface area (Å²) in [5.74, 6) is 0. The number of hydrogen-bond acceptors (Lipinski definition) is 5. The van der Waals surface area contributed by atoms with Crippen LogP contribution in [0.25, 0.3) is 0 Å². The SMILES string of the molecule is CSc1cccc(N2CCN(CCCCCOC(N)=O)CC2)c1.Cl. The normalized spacial score (nSPS) is 15.0. The number of unbranched alkanes of at least 4 members (excludes halogenated alkanes) is 2. The highest BCUT2D eigenvalue weighted by Crippen LogP contribution is 2.23. The van der Waals surface area contributed by atoms with E-state index in [1.54, 1.807) is 11.8 Å². The van der Waals surface area contributed by atoms with E-state index in [9.17, 15) is 4.79 Å². The molecule has 136 valence electrons. The fourth-order valence-electron chi connectivity index (χ4n) is 2.82. The number of carbonyl (C=O) groups is 1. The summed E-state index contributed by atoms with van der Waals surface area (Å²) in [6.45, 7) is 5.96. The maximum atomic E-state index is 10.5. The fourth-order valence-corrected chi connectivity index (χ4v) is 3.28. The molecule has 1 aliphatic heterocycles. The quantitative estimate of drug-likeness (QED) is 0.560. The lowest BCUT2D eigenvalue weighted by Gasteiger charge is -2.36. The van der Waals surface area contributed by atoms with Gasteiger partial charge in [-0.05, 0) is 50.3 Å². The molecule has 24 heavy (non-hydrogen) atoms. The first-order chi connectivity index (χ1) is 11.2. The van der Waals surface area contributed by atoms with Crippen molar-refractivity contribution in [1.29, 1.82) is 0 Å². The number of primary amides is 1. The number of piperazine rings is 1. The molecule has 5 nitrogen and oxygen atoms in total. The first-order valence-electron chi connectivity index (χ1n) is 8.22. The van der Waals surface area contributed by atoms with Crippen LogP contribution in [0.3, 0.4) is 0 Å². The zero-order chi connectivity index (χ0) is 16.5. The predicted molar refractivity (Wildman–Crippen MR) is 104 cm³/mol. The summed E-state index contributed by atoms with van der Waals surface area (Å²) in [6.07, 6.45) is 4.55. The zero-order valence-corrected chi connectivity index (χ0v) is 15.9. The summed E-state index contributed by atoms with van der Waals surface area (Å²) in [7, 11) is 0. The van der Waals surface area contributed by atoms with E-state index in [0.717, 1.165) is 52.0 Å². The Labute approximate surface area is 155 Å². The number of hydrogen-bond donors (Lipinski definition) is 1. The van der Waals surface area contributed by atoms with E-state index in [1.807, 2.05) is 0 Å². The topological polar surface area (TPSA) is 58.8 Å². The Morgan fingerprint density at radius 3 is 2.62 bits per heavy atom. The third-order valence-corrected chi connectivity index (χ3v) is 4.88. The van der Waals surface area contributed by atoms with Crippen LogP contribution in [-0.2, 0) is 4.74 Å². The van der Waals surface area contributed by atoms with Crippen LogP contribution >= 0.6 is 24.2 Å². The van der Waals surface area contributed by atoms with Crippen LogP contribution in [0.4, 0.5) is 10.5 Å². The number of halogens is 1. The van der Waals surface area contributed by atoms with Crippen molar-refractivity contribution in [3.63, 3.8) is 0 Å². The number of amides is 1. The molecule has 1 fully saturated rings. The van der Waals surface area contributed by atoms with E-state index in [2.05, 4.69) is 40.3 Å². The molecule has 1 amide bonds. The average molecular weight is 374 g/mol. The van der Waals surface area contributed by atoms with Gasteiger partial charge >= 0.3 is 6.09 Å². The first kappa shape index (κ1) is 20.9. The minimum absolute atomic E-state index is 0. The molecule has 0 aliphatic carbocycles. The standard InChI is InChI=1S/C17H27N3O2S.ClH/c1-23-16-7-5-6-15(14-16)20-11-9-19(10-12-20)8-3-2-4-13-22-17(18)21;/h5-7,14H,2-4,8-13H2,1H3,(H2,18,21);1H. The van der Waals surface area contributed by atoms with Gasteiger partial charge in [0.05, 0.1) is 6.61 Å². The van der Waals surface area contributed by atoms with Crippen molar-refractivity contribution in [2.24, 2.45) is 5.73 Å². The lowest BCUT2D eigenvalue weighted by molar-refractivity contribution is 0.153. The van der Waals surface area contributed by atoms with Gasteiger partial charge in [0.15, 0.2) is 0 Å². The number of ether oxygens (including phenoxy) is 1. The molecule has 0 saturated carbocycles. The van der Waals surface area contributed by atoms with Crippen molar-refractivity contribution >= 4 is 35.9 Å². The van der Waals surface area contributed by atoms with E-state index < -0.39 is 6.09 Å². The lowest BCUT2D eigenvalue weighted by atomic mass is 10.2. The lowest BCUT2D eigenvalue weighted by Crippen LogP contribution is -2.46. The Hall–Kier alpha value is -1.11. The maximum Gasteiger partial charge on any atom is 0.404 e. The van der Waals surface area contributed by atoms with Crippen LogP contribution in [0.15, 0.2) is 29.2 Å². The molecule has 0 bridgehead atoms. The van der Waals surface area contributed by atoms with Crippen LogP contribution in [-0.4, -0.2) is 56.6 Å². The largest absolute Gasteiger partial charge is 0.450 e. The van der Waals surface area contributed by atoms with E-state index in [4.69, 9.17) is 10.5 Å². The number of thioether (sulfide) groups is 1. The van der Waals surface area contributed by atoms with Gasteiger partial charge in [-0.2, -0.15) is 0 Å². The molecule has 1 heterocycles. The van der Waals surface area contributed by atoms with Crippen molar-refractivity contribution in [2.75, 3.05) is 50.5 Å². The van der Waals surface area contributed by atoms with Gasteiger partial charge in [0.25, 0.3) is 0 Å². The molecule has 7 heteroatoms. The second kappa shape index (κ2) is 11.4. The minimum Gasteiger partial charge on any atom is -0.450 e. The van der Waals surface area contributed by atoms with Crippen molar-refractivity contribution in [3.8, 4) is 0 Å². The molecule has 0 unspecified atom stereocenters. The van der Waals surface area contributed by atoms with Crippen LogP contribution < -0.4 is 10.6 Å². The van der Waals surface area contributed by atoms with E-state index in [-0.39, 0.29) is 12.4 Å². The Kier molecular flexibility index (Phi) is 9.98. The second-order valence-corrected chi connectivity index (χ2v) is 6.64. The molecule has 0 spiro atoms. The van der Waals surface area contributed by atoms with Gasteiger partial charge in [-0.3, -0.25) is 4.90 Å². The van der Waals surface area contributed by atoms with Crippen molar-refractivity contribution in [2.45, 2.75) is 24.2 Å². The smallest absolute Gasteiger partial charge is 0.404 e. The average Bonchev–Trinajstić information content (AvgIpc) is 2.58. The van der Waals surface area contributed by atoms with Gasteiger partial charge in [0.2, 0.25) is 0 Å². The number of rotatable bonds is 8. The molecule has 1 aliphatic rings.